The van der Waals surface area contributed by atoms with Crippen LogP contribution in [0.4, 0.5) is 22.1 Å². The Bertz CT molecular complexity index is 1370. The Morgan fingerprint density at radius 1 is 1.15 bits per heavy atom. The highest BCUT2D eigenvalue weighted by atomic mass is 16.5. The lowest BCUT2D eigenvalue weighted by molar-refractivity contribution is -0.0536. The number of rotatable bonds is 3. The minimum atomic E-state index is -0.0846. The van der Waals surface area contributed by atoms with Crippen molar-refractivity contribution in [1.82, 2.24) is 24.8 Å². The predicted molar refractivity (Wildman–Crippen MR) is 134 cm³/mol. The van der Waals surface area contributed by atoms with E-state index in [9.17, 15) is 4.79 Å². The number of nitrogens with zero attached hydrogens (tertiary/aromatic N) is 5. The molecule has 1 aliphatic rings. The van der Waals surface area contributed by atoms with Gasteiger partial charge in [0, 0.05) is 37.4 Å². The number of morpholine rings is 1. The number of aromatic nitrogens is 4. The first kappa shape index (κ1) is 22.1. The molecule has 1 aliphatic heterocycles. The number of carbonyl (C=O) groups excluding carboxylic acids is 1. The van der Waals surface area contributed by atoms with Crippen LogP contribution in [-0.2, 0) is 4.74 Å². The maximum Gasteiger partial charge on any atom is 0.324 e. The minimum absolute atomic E-state index is 0.00439. The Labute approximate surface area is 198 Å². The summed E-state index contributed by atoms with van der Waals surface area (Å²) < 4.78 is 5.80. The molecule has 176 valence electrons. The number of amides is 2. The van der Waals surface area contributed by atoms with Crippen LogP contribution in [0.15, 0.2) is 36.5 Å². The Hall–Kier alpha value is -3.72. The summed E-state index contributed by atoms with van der Waals surface area (Å²) >= 11 is 0. The molecule has 9 nitrogen and oxygen atoms in total. The number of carbonyl (C=O) groups is 1. The molecule has 9 heteroatoms. The number of urea groups is 1. The van der Waals surface area contributed by atoms with Gasteiger partial charge in [0.05, 0.1) is 28.9 Å². The number of benzene rings is 2. The van der Waals surface area contributed by atoms with Gasteiger partial charge >= 0.3 is 6.03 Å². The zero-order valence-corrected chi connectivity index (χ0v) is 20.1. The first-order valence-corrected chi connectivity index (χ1v) is 11.5. The van der Waals surface area contributed by atoms with Gasteiger partial charge in [0.25, 0.3) is 0 Å². The molecule has 4 aromatic rings. The van der Waals surface area contributed by atoms with Crippen LogP contribution in [0.5, 0.6) is 0 Å². The Morgan fingerprint density at radius 2 is 1.91 bits per heavy atom. The molecule has 2 aromatic carbocycles. The number of para-hydroxylation sites is 1. The van der Waals surface area contributed by atoms with Crippen LogP contribution < -0.4 is 10.2 Å². The van der Waals surface area contributed by atoms with E-state index in [-0.39, 0.29) is 18.2 Å². The van der Waals surface area contributed by atoms with Crippen molar-refractivity contribution in [2.75, 3.05) is 30.4 Å². The number of anilines is 3. The average molecular weight is 460 g/mol. The van der Waals surface area contributed by atoms with Gasteiger partial charge in [-0.25, -0.2) is 19.7 Å². The monoisotopic (exact) mass is 459 g/mol. The molecule has 1 fully saturated rings. The van der Waals surface area contributed by atoms with E-state index in [0.29, 0.717) is 24.7 Å². The van der Waals surface area contributed by atoms with Gasteiger partial charge in [0.2, 0.25) is 5.95 Å². The summed E-state index contributed by atoms with van der Waals surface area (Å²) in [5, 5.41) is 4.30. The molecule has 2 unspecified atom stereocenters. The number of fused-ring (bicyclic) bond motifs is 2. The van der Waals surface area contributed by atoms with Crippen molar-refractivity contribution in [1.29, 1.82) is 0 Å². The van der Waals surface area contributed by atoms with Crippen LogP contribution in [0.25, 0.3) is 21.9 Å². The number of hydrogen-bond donors (Lipinski definition) is 2. The van der Waals surface area contributed by atoms with Crippen molar-refractivity contribution in [3.05, 3.63) is 47.9 Å². The van der Waals surface area contributed by atoms with Gasteiger partial charge in [-0.05, 0) is 45.4 Å². The second-order valence-corrected chi connectivity index (χ2v) is 9.05. The molecule has 0 saturated carbocycles. The van der Waals surface area contributed by atoms with E-state index in [1.54, 1.807) is 11.9 Å². The van der Waals surface area contributed by atoms with Crippen molar-refractivity contribution in [3.8, 4) is 0 Å². The molecule has 2 amide bonds. The fourth-order valence-electron chi connectivity index (χ4n) is 4.59. The molecular formula is C25H29N7O2. The summed E-state index contributed by atoms with van der Waals surface area (Å²) in [7, 11) is 1.78. The summed E-state index contributed by atoms with van der Waals surface area (Å²) in [6, 6.07) is 9.82. The van der Waals surface area contributed by atoms with Gasteiger partial charge in [-0.3, -0.25) is 4.90 Å². The number of H-pyrrole nitrogens is 1. The van der Waals surface area contributed by atoms with E-state index in [1.807, 2.05) is 69.1 Å². The highest BCUT2D eigenvalue weighted by Crippen LogP contribution is 2.31. The molecular weight excluding hydrogens is 430 g/mol. The zero-order valence-electron chi connectivity index (χ0n) is 20.1. The molecule has 0 radical (unpaired) electrons. The third kappa shape index (κ3) is 4.14. The molecule has 2 aromatic heterocycles. The number of imidazole rings is 1. The first-order chi connectivity index (χ1) is 16.3. The molecule has 3 heterocycles. The Kier molecular flexibility index (Phi) is 5.57. The third-order valence-electron chi connectivity index (χ3n) is 6.09. The fraction of sp³-hybridized carbons (Fsp3) is 0.360. The van der Waals surface area contributed by atoms with Crippen LogP contribution >= 0.6 is 0 Å². The van der Waals surface area contributed by atoms with E-state index >= 15 is 0 Å². The number of ether oxygens (including phenoxy) is 1. The quantitative estimate of drug-likeness (QED) is 0.467. The van der Waals surface area contributed by atoms with Crippen LogP contribution in [0.1, 0.15) is 25.2 Å². The summed E-state index contributed by atoms with van der Waals surface area (Å²) in [6.07, 6.45) is 1.80. The zero-order chi connectivity index (χ0) is 24.0. The summed E-state index contributed by atoms with van der Waals surface area (Å²) in [5.74, 6) is 1.27. The summed E-state index contributed by atoms with van der Waals surface area (Å²) in [6.45, 7) is 9.02. The smallest absolute Gasteiger partial charge is 0.324 e. The lowest BCUT2D eigenvalue weighted by atomic mass is 10.1. The van der Waals surface area contributed by atoms with Crippen LogP contribution in [0, 0.1) is 13.8 Å². The number of nitrogens with one attached hydrogen (secondary N) is 2. The van der Waals surface area contributed by atoms with E-state index in [0.717, 1.165) is 39.0 Å². The fourth-order valence-corrected chi connectivity index (χ4v) is 4.59. The van der Waals surface area contributed by atoms with Gasteiger partial charge in [0.1, 0.15) is 11.3 Å². The normalized spacial score (nSPS) is 18.4. The SMILES string of the molecule is Cc1nc2c(N(C)C(=O)N3CC(C)OC(C)C3)cc(Nc3ncc4cccc(C)c4n3)cc2[nH]1. The van der Waals surface area contributed by atoms with Crippen LogP contribution in [-0.4, -0.2) is 63.2 Å². The van der Waals surface area contributed by atoms with E-state index in [4.69, 9.17) is 9.72 Å². The highest BCUT2D eigenvalue weighted by Gasteiger charge is 2.29. The van der Waals surface area contributed by atoms with Crippen molar-refractivity contribution in [2.24, 2.45) is 0 Å². The van der Waals surface area contributed by atoms with Crippen molar-refractivity contribution in [3.63, 3.8) is 0 Å². The highest BCUT2D eigenvalue weighted by molar-refractivity contribution is 6.02. The maximum absolute atomic E-state index is 13.4. The van der Waals surface area contributed by atoms with Crippen molar-refractivity contribution < 1.29 is 9.53 Å². The maximum atomic E-state index is 13.4. The second kappa shape index (κ2) is 8.57. The van der Waals surface area contributed by atoms with E-state index in [1.165, 1.54) is 0 Å². The topological polar surface area (TPSA) is 99.3 Å². The lowest BCUT2D eigenvalue weighted by Gasteiger charge is -2.37. The molecule has 5 rings (SSSR count). The minimum Gasteiger partial charge on any atom is -0.372 e. The van der Waals surface area contributed by atoms with E-state index < -0.39 is 0 Å². The number of aryl methyl sites for hydroxylation is 2. The molecule has 2 N–H and O–H groups in total. The van der Waals surface area contributed by atoms with Crippen molar-refractivity contribution >= 4 is 45.3 Å². The number of hydrogen-bond acceptors (Lipinski definition) is 6. The number of aromatic amines is 1. The predicted octanol–water partition coefficient (Wildman–Crippen LogP) is 4.53. The van der Waals surface area contributed by atoms with Gasteiger partial charge in [-0.1, -0.05) is 18.2 Å². The van der Waals surface area contributed by atoms with E-state index in [2.05, 4.69) is 20.3 Å². The molecule has 0 spiro atoms. The first-order valence-electron chi connectivity index (χ1n) is 11.5. The third-order valence-corrected chi connectivity index (χ3v) is 6.09. The van der Waals surface area contributed by atoms with Gasteiger partial charge in [-0.2, -0.15) is 0 Å². The van der Waals surface area contributed by atoms with Gasteiger partial charge < -0.3 is 19.9 Å². The largest absolute Gasteiger partial charge is 0.372 e. The standard InChI is InChI=1S/C25H29N7O2/c1-14-7-6-8-18-11-26-24(30-22(14)18)29-19-9-20-23(28-17(4)27-20)21(10-19)31(5)25(33)32-12-15(2)34-16(3)13-32/h6-11,15-16H,12-13H2,1-5H3,(H,27,28)(H,26,29,30). The lowest BCUT2D eigenvalue weighted by Crippen LogP contribution is -2.52. The average Bonchev–Trinajstić information content (AvgIpc) is 3.17. The van der Waals surface area contributed by atoms with Gasteiger partial charge in [-0.15, -0.1) is 0 Å². The Morgan fingerprint density at radius 3 is 2.68 bits per heavy atom. The summed E-state index contributed by atoms with van der Waals surface area (Å²) in [4.78, 5) is 34.0. The molecule has 34 heavy (non-hydrogen) atoms. The van der Waals surface area contributed by atoms with Crippen molar-refractivity contribution in [2.45, 2.75) is 39.9 Å². The summed E-state index contributed by atoms with van der Waals surface area (Å²) in [5.41, 5.74) is 5.03. The van der Waals surface area contributed by atoms with Crippen LogP contribution in [0.3, 0.4) is 0 Å². The second-order valence-electron chi connectivity index (χ2n) is 9.05. The van der Waals surface area contributed by atoms with Crippen LogP contribution in [0.2, 0.25) is 0 Å². The Balaban J connectivity index is 1.50. The van der Waals surface area contributed by atoms with Gasteiger partial charge in [0.15, 0.2) is 0 Å². The molecule has 0 bridgehead atoms. The molecule has 0 aliphatic carbocycles. The molecule has 2 atom stereocenters. The molecule has 1 saturated heterocycles.